The van der Waals surface area contributed by atoms with Crippen LogP contribution >= 0.6 is 22.9 Å². The van der Waals surface area contributed by atoms with E-state index < -0.39 is 11.2 Å². The molecule has 20 heavy (non-hydrogen) atoms. The second-order valence-electron chi connectivity index (χ2n) is 4.35. The van der Waals surface area contributed by atoms with Crippen LogP contribution in [0.4, 0.5) is 13.2 Å². The number of hydrogen-bond acceptors (Lipinski definition) is 3. The second-order valence-corrected chi connectivity index (χ2v) is 5.85. The molecule has 1 atom stereocenters. The van der Waals surface area contributed by atoms with E-state index >= 15 is 0 Å². The number of nitrogens with zero attached hydrogens (tertiary/aromatic N) is 1. The van der Waals surface area contributed by atoms with Gasteiger partial charge in [-0.3, -0.25) is 0 Å². The van der Waals surface area contributed by atoms with E-state index in [1.54, 1.807) is 19.2 Å². The lowest BCUT2D eigenvalue weighted by Gasteiger charge is -2.15. The fourth-order valence-electron chi connectivity index (χ4n) is 1.96. The molecule has 0 fully saturated rings. The molecule has 0 radical (unpaired) electrons. The number of aryl methyl sites for hydroxylation is 1. The Kier molecular flexibility index (Phi) is 4.36. The molecule has 7 heteroatoms. The van der Waals surface area contributed by atoms with Gasteiger partial charge in [-0.25, -0.2) is 4.98 Å². The van der Waals surface area contributed by atoms with Gasteiger partial charge in [-0.15, -0.1) is 11.3 Å². The molecule has 0 spiro atoms. The van der Waals surface area contributed by atoms with Gasteiger partial charge in [0.25, 0.3) is 0 Å². The minimum absolute atomic E-state index is 0.360. The Morgan fingerprint density at radius 2 is 2.00 bits per heavy atom. The normalized spacial score (nSPS) is 13.5. The Balaban J connectivity index is 2.39. The molecular formula is C13H12ClF3N2S. The summed E-state index contributed by atoms with van der Waals surface area (Å²) < 4.78 is 37.8. The van der Waals surface area contributed by atoms with Crippen molar-refractivity contribution in [2.45, 2.75) is 19.1 Å². The Morgan fingerprint density at radius 1 is 1.30 bits per heavy atom. The maximum atomic E-state index is 12.6. The summed E-state index contributed by atoms with van der Waals surface area (Å²) in [5.74, 6) is 0. The number of thiazole rings is 1. The highest BCUT2D eigenvalue weighted by Gasteiger charge is 2.35. The third kappa shape index (κ3) is 3.31. The molecule has 2 nitrogen and oxygen atoms in total. The maximum absolute atomic E-state index is 12.6. The van der Waals surface area contributed by atoms with Crippen molar-refractivity contribution in [1.29, 1.82) is 0 Å². The Bertz CT molecular complexity index is 590. The van der Waals surface area contributed by atoms with Gasteiger partial charge in [0.1, 0.15) is 0 Å². The van der Waals surface area contributed by atoms with Crippen molar-refractivity contribution < 1.29 is 13.2 Å². The van der Waals surface area contributed by atoms with Crippen molar-refractivity contribution in [1.82, 2.24) is 10.3 Å². The molecule has 0 saturated carbocycles. The molecule has 108 valence electrons. The van der Waals surface area contributed by atoms with E-state index in [1.165, 1.54) is 6.20 Å². The third-order valence-electron chi connectivity index (χ3n) is 2.74. The van der Waals surface area contributed by atoms with Gasteiger partial charge >= 0.3 is 6.18 Å². The van der Waals surface area contributed by atoms with E-state index in [0.29, 0.717) is 21.2 Å². The van der Waals surface area contributed by atoms with Crippen LogP contribution in [-0.4, -0.2) is 12.0 Å². The standard InChI is InChI=1S/C13H12ClF3N2S/c1-7-3-8(5-9(14)4-7)11(18-2)10-6-19-12(20-10)13(15,16)17/h3-6,11,18H,1-2H3. The van der Waals surface area contributed by atoms with Crippen LogP contribution in [0.3, 0.4) is 0 Å². The molecule has 0 aliphatic heterocycles. The molecule has 0 amide bonds. The summed E-state index contributed by atoms with van der Waals surface area (Å²) in [7, 11) is 1.69. The van der Waals surface area contributed by atoms with Gasteiger partial charge in [0, 0.05) is 16.1 Å². The second kappa shape index (κ2) is 5.71. The lowest BCUT2D eigenvalue weighted by Crippen LogP contribution is -2.16. The molecule has 1 heterocycles. The molecular weight excluding hydrogens is 309 g/mol. The van der Waals surface area contributed by atoms with Gasteiger partial charge in [0.15, 0.2) is 5.01 Å². The number of rotatable bonds is 3. The van der Waals surface area contributed by atoms with E-state index in [1.807, 2.05) is 13.0 Å². The smallest absolute Gasteiger partial charge is 0.309 e. The summed E-state index contributed by atoms with van der Waals surface area (Å²) >= 11 is 6.63. The van der Waals surface area contributed by atoms with Gasteiger partial charge in [-0.05, 0) is 37.2 Å². The van der Waals surface area contributed by atoms with Crippen LogP contribution < -0.4 is 5.32 Å². The largest absolute Gasteiger partial charge is 0.443 e. The van der Waals surface area contributed by atoms with Crippen molar-refractivity contribution in [2.75, 3.05) is 7.05 Å². The Morgan fingerprint density at radius 3 is 2.50 bits per heavy atom. The summed E-state index contributed by atoms with van der Waals surface area (Å²) in [5, 5.41) is 2.71. The zero-order valence-corrected chi connectivity index (χ0v) is 12.3. The molecule has 2 rings (SSSR count). The van der Waals surface area contributed by atoms with Crippen molar-refractivity contribution in [3.05, 3.63) is 50.4 Å². The molecule has 0 aliphatic rings. The zero-order chi connectivity index (χ0) is 14.9. The first-order valence-corrected chi connectivity index (χ1v) is 6.98. The molecule has 1 aromatic heterocycles. The van der Waals surface area contributed by atoms with Crippen LogP contribution in [0.2, 0.25) is 5.02 Å². The first-order valence-electron chi connectivity index (χ1n) is 5.78. The lowest BCUT2D eigenvalue weighted by atomic mass is 10.0. The lowest BCUT2D eigenvalue weighted by molar-refractivity contribution is -0.137. The monoisotopic (exact) mass is 320 g/mol. The van der Waals surface area contributed by atoms with Gasteiger partial charge in [0.2, 0.25) is 0 Å². The SMILES string of the molecule is CNC(c1cc(C)cc(Cl)c1)c1cnc(C(F)(F)F)s1. The van der Waals surface area contributed by atoms with Crippen molar-refractivity contribution in [2.24, 2.45) is 0 Å². The van der Waals surface area contributed by atoms with Crippen LogP contribution in [-0.2, 0) is 6.18 Å². The maximum Gasteiger partial charge on any atom is 0.443 e. The number of halogens is 4. The molecule has 2 aromatic rings. The average Bonchev–Trinajstić information content (AvgIpc) is 2.77. The quantitative estimate of drug-likeness (QED) is 0.904. The zero-order valence-electron chi connectivity index (χ0n) is 10.8. The minimum Gasteiger partial charge on any atom is -0.309 e. The summed E-state index contributed by atoms with van der Waals surface area (Å²) in [4.78, 5) is 3.95. The predicted molar refractivity (Wildman–Crippen MR) is 74.2 cm³/mol. The van der Waals surface area contributed by atoms with Crippen LogP contribution in [0.5, 0.6) is 0 Å². The van der Waals surface area contributed by atoms with Gasteiger partial charge in [-0.1, -0.05) is 17.7 Å². The fourth-order valence-corrected chi connectivity index (χ4v) is 3.18. The highest BCUT2D eigenvalue weighted by molar-refractivity contribution is 7.11. The summed E-state index contributed by atoms with van der Waals surface area (Å²) in [6, 6.07) is 5.06. The summed E-state index contributed by atoms with van der Waals surface area (Å²) in [6.07, 6.45) is -3.16. The van der Waals surface area contributed by atoms with Gasteiger partial charge < -0.3 is 5.32 Å². The number of hydrogen-bond donors (Lipinski definition) is 1. The molecule has 1 aromatic carbocycles. The van der Waals surface area contributed by atoms with E-state index in [-0.39, 0.29) is 6.04 Å². The minimum atomic E-state index is -4.41. The molecule has 1 N–H and O–H groups in total. The van der Waals surface area contributed by atoms with Crippen molar-refractivity contribution >= 4 is 22.9 Å². The fraction of sp³-hybridized carbons (Fsp3) is 0.308. The molecule has 0 aliphatic carbocycles. The Labute approximate surface area is 123 Å². The van der Waals surface area contributed by atoms with Crippen LogP contribution in [0.25, 0.3) is 0 Å². The molecule has 1 unspecified atom stereocenters. The highest BCUT2D eigenvalue weighted by Crippen LogP contribution is 2.36. The third-order valence-corrected chi connectivity index (χ3v) is 4.06. The number of nitrogens with one attached hydrogen (secondary N) is 1. The number of alkyl halides is 3. The Hall–Kier alpha value is -1.11. The van der Waals surface area contributed by atoms with Crippen molar-refractivity contribution in [3.63, 3.8) is 0 Å². The van der Waals surface area contributed by atoms with Crippen molar-refractivity contribution in [3.8, 4) is 0 Å². The highest BCUT2D eigenvalue weighted by atomic mass is 35.5. The summed E-state index contributed by atoms with van der Waals surface area (Å²) in [6.45, 7) is 1.88. The van der Waals surface area contributed by atoms with Crippen LogP contribution in [0, 0.1) is 6.92 Å². The summed E-state index contributed by atoms with van der Waals surface area (Å²) in [5.41, 5.74) is 1.77. The number of benzene rings is 1. The molecule has 0 saturated heterocycles. The molecule has 0 bridgehead atoms. The van der Waals surface area contributed by atoms with E-state index in [0.717, 1.165) is 11.1 Å². The van der Waals surface area contributed by atoms with Gasteiger partial charge in [-0.2, -0.15) is 13.2 Å². The van der Waals surface area contributed by atoms with Crippen LogP contribution in [0.15, 0.2) is 24.4 Å². The predicted octanol–water partition coefficient (Wildman–Crippen LogP) is 4.43. The number of aromatic nitrogens is 1. The first-order chi connectivity index (χ1) is 9.31. The van der Waals surface area contributed by atoms with E-state index in [4.69, 9.17) is 11.6 Å². The van der Waals surface area contributed by atoms with Crippen LogP contribution in [0.1, 0.15) is 27.1 Å². The first kappa shape index (κ1) is 15.3. The average molecular weight is 321 g/mol. The van der Waals surface area contributed by atoms with Gasteiger partial charge in [0.05, 0.1) is 6.04 Å². The topological polar surface area (TPSA) is 24.9 Å². The van der Waals surface area contributed by atoms with E-state index in [9.17, 15) is 13.2 Å². The van der Waals surface area contributed by atoms with E-state index in [2.05, 4.69) is 10.3 Å².